The van der Waals surface area contributed by atoms with E-state index in [0.29, 0.717) is 12.1 Å². The summed E-state index contributed by atoms with van der Waals surface area (Å²) >= 11 is 0. The number of aromatic carboxylic acids is 1. The molecule has 5 heteroatoms. The minimum atomic E-state index is -1.05. The van der Waals surface area contributed by atoms with Crippen LogP contribution >= 0.6 is 0 Å². The Balaban J connectivity index is 2.06. The predicted molar refractivity (Wildman–Crippen MR) is 63.4 cm³/mol. The van der Waals surface area contributed by atoms with Gasteiger partial charge in [0.1, 0.15) is 6.26 Å². The van der Waals surface area contributed by atoms with E-state index in [1.807, 2.05) is 11.9 Å². The van der Waals surface area contributed by atoms with Gasteiger partial charge in [0.25, 0.3) is 6.01 Å². The molecule has 0 atom stereocenters. The van der Waals surface area contributed by atoms with Crippen LogP contribution in [-0.2, 0) is 0 Å². The molecule has 1 aliphatic rings. The van der Waals surface area contributed by atoms with Crippen LogP contribution in [0.4, 0.5) is 6.01 Å². The third-order valence-electron chi connectivity index (χ3n) is 3.39. The summed E-state index contributed by atoms with van der Waals surface area (Å²) in [5.41, 5.74) is -0.0273. The second-order valence-electron chi connectivity index (χ2n) is 4.58. The summed E-state index contributed by atoms with van der Waals surface area (Å²) in [6, 6.07) is 0.826. The van der Waals surface area contributed by atoms with E-state index in [-0.39, 0.29) is 5.69 Å². The fraction of sp³-hybridized carbons (Fsp3) is 0.667. The predicted octanol–water partition coefficient (Wildman–Crippen LogP) is 2.53. The molecule has 0 saturated heterocycles. The highest BCUT2D eigenvalue weighted by molar-refractivity contribution is 5.85. The van der Waals surface area contributed by atoms with Crippen LogP contribution in [0.1, 0.15) is 49.0 Å². The molecule has 1 N–H and O–H groups in total. The highest BCUT2D eigenvalue weighted by atomic mass is 16.4. The molecule has 0 spiro atoms. The van der Waals surface area contributed by atoms with E-state index < -0.39 is 5.97 Å². The molecular weight excluding hydrogens is 220 g/mol. The van der Waals surface area contributed by atoms with Gasteiger partial charge in [0.05, 0.1) is 0 Å². The number of nitrogens with zero attached hydrogens (tertiary/aromatic N) is 2. The molecule has 0 amide bonds. The number of carbonyl (C=O) groups is 1. The summed E-state index contributed by atoms with van der Waals surface area (Å²) in [5.74, 6) is -1.05. The molecule has 0 radical (unpaired) electrons. The number of carboxylic acid groups (broad SMARTS) is 1. The van der Waals surface area contributed by atoms with Crippen molar-refractivity contribution in [3.8, 4) is 0 Å². The number of anilines is 1. The van der Waals surface area contributed by atoms with Gasteiger partial charge in [-0.2, -0.15) is 4.98 Å². The molecule has 1 aromatic rings. The van der Waals surface area contributed by atoms with Gasteiger partial charge in [-0.05, 0) is 12.8 Å². The van der Waals surface area contributed by atoms with E-state index in [9.17, 15) is 4.79 Å². The Hall–Kier alpha value is -1.52. The molecule has 17 heavy (non-hydrogen) atoms. The SMILES string of the molecule is CN(c1nc(C(=O)O)co1)C1CCCCCC1. The minimum Gasteiger partial charge on any atom is -0.476 e. The van der Waals surface area contributed by atoms with Crippen molar-refractivity contribution in [1.82, 2.24) is 4.98 Å². The summed E-state index contributed by atoms with van der Waals surface area (Å²) in [6.07, 6.45) is 8.48. The molecular formula is C12H18N2O3. The van der Waals surface area contributed by atoms with Gasteiger partial charge in [0.2, 0.25) is 0 Å². The van der Waals surface area contributed by atoms with Crippen molar-refractivity contribution in [3.05, 3.63) is 12.0 Å². The van der Waals surface area contributed by atoms with E-state index in [4.69, 9.17) is 9.52 Å². The quantitative estimate of drug-likeness (QED) is 0.819. The van der Waals surface area contributed by atoms with E-state index in [1.54, 1.807) is 0 Å². The Bertz CT molecular complexity index is 381. The molecule has 0 aromatic carbocycles. The van der Waals surface area contributed by atoms with Gasteiger partial charge >= 0.3 is 5.97 Å². The van der Waals surface area contributed by atoms with Crippen molar-refractivity contribution in [3.63, 3.8) is 0 Å². The van der Waals surface area contributed by atoms with Gasteiger partial charge in [0, 0.05) is 13.1 Å². The lowest BCUT2D eigenvalue weighted by Gasteiger charge is -2.25. The molecule has 1 heterocycles. The largest absolute Gasteiger partial charge is 0.476 e. The number of rotatable bonds is 3. The first-order valence-corrected chi connectivity index (χ1v) is 6.10. The summed E-state index contributed by atoms with van der Waals surface area (Å²) in [5, 5.41) is 8.79. The Morgan fingerprint density at radius 3 is 2.59 bits per heavy atom. The zero-order valence-electron chi connectivity index (χ0n) is 10.1. The Morgan fingerprint density at radius 1 is 1.41 bits per heavy atom. The summed E-state index contributed by atoms with van der Waals surface area (Å²) in [7, 11) is 1.92. The molecule has 1 fully saturated rings. The monoisotopic (exact) mass is 238 g/mol. The average molecular weight is 238 g/mol. The Labute approximate surface area is 100 Å². The van der Waals surface area contributed by atoms with Crippen molar-refractivity contribution < 1.29 is 14.3 Å². The van der Waals surface area contributed by atoms with Crippen molar-refractivity contribution in [2.45, 2.75) is 44.6 Å². The molecule has 1 aromatic heterocycles. The van der Waals surface area contributed by atoms with E-state index in [0.717, 1.165) is 12.8 Å². The molecule has 0 bridgehead atoms. The van der Waals surface area contributed by atoms with Gasteiger partial charge in [-0.15, -0.1) is 0 Å². The third-order valence-corrected chi connectivity index (χ3v) is 3.39. The lowest BCUT2D eigenvalue weighted by molar-refractivity contribution is 0.0690. The molecule has 1 aliphatic carbocycles. The Kier molecular flexibility index (Phi) is 3.66. The fourth-order valence-corrected chi connectivity index (χ4v) is 2.33. The highest BCUT2D eigenvalue weighted by Gasteiger charge is 2.21. The van der Waals surface area contributed by atoms with Crippen LogP contribution in [0.2, 0.25) is 0 Å². The summed E-state index contributed by atoms with van der Waals surface area (Å²) in [4.78, 5) is 16.7. The van der Waals surface area contributed by atoms with Crippen LogP contribution < -0.4 is 4.90 Å². The zero-order valence-corrected chi connectivity index (χ0v) is 10.1. The second-order valence-corrected chi connectivity index (χ2v) is 4.58. The smallest absolute Gasteiger partial charge is 0.357 e. The number of aromatic nitrogens is 1. The van der Waals surface area contributed by atoms with Crippen LogP contribution in [0.3, 0.4) is 0 Å². The van der Waals surface area contributed by atoms with Crippen LogP contribution in [0, 0.1) is 0 Å². The van der Waals surface area contributed by atoms with Crippen LogP contribution in [0.5, 0.6) is 0 Å². The maximum atomic E-state index is 10.7. The topological polar surface area (TPSA) is 66.6 Å². The van der Waals surface area contributed by atoms with Crippen molar-refractivity contribution in [2.75, 3.05) is 11.9 Å². The molecule has 94 valence electrons. The zero-order chi connectivity index (χ0) is 12.3. The first-order chi connectivity index (χ1) is 8.18. The van der Waals surface area contributed by atoms with Gasteiger partial charge < -0.3 is 14.4 Å². The van der Waals surface area contributed by atoms with E-state index in [1.165, 1.54) is 31.9 Å². The third kappa shape index (κ3) is 2.78. The van der Waals surface area contributed by atoms with Gasteiger partial charge in [-0.1, -0.05) is 25.7 Å². The van der Waals surface area contributed by atoms with Gasteiger partial charge in [-0.25, -0.2) is 4.79 Å². The first kappa shape index (κ1) is 12.0. The summed E-state index contributed by atoms with van der Waals surface area (Å²) in [6.45, 7) is 0. The van der Waals surface area contributed by atoms with E-state index in [2.05, 4.69) is 4.98 Å². The Morgan fingerprint density at radius 2 is 2.06 bits per heavy atom. The first-order valence-electron chi connectivity index (χ1n) is 6.10. The summed E-state index contributed by atoms with van der Waals surface area (Å²) < 4.78 is 5.22. The molecule has 5 nitrogen and oxygen atoms in total. The van der Waals surface area contributed by atoms with Gasteiger partial charge in [0.15, 0.2) is 5.69 Å². The van der Waals surface area contributed by atoms with Crippen LogP contribution in [0.15, 0.2) is 10.7 Å². The number of carboxylic acids is 1. The number of hydrogen-bond donors (Lipinski definition) is 1. The molecule has 0 unspecified atom stereocenters. The molecule has 0 aliphatic heterocycles. The van der Waals surface area contributed by atoms with E-state index >= 15 is 0 Å². The second kappa shape index (κ2) is 5.21. The fourth-order valence-electron chi connectivity index (χ4n) is 2.33. The van der Waals surface area contributed by atoms with Crippen molar-refractivity contribution >= 4 is 12.0 Å². The number of hydrogen-bond acceptors (Lipinski definition) is 4. The van der Waals surface area contributed by atoms with Gasteiger partial charge in [-0.3, -0.25) is 0 Å². The maximum Gasteiger partial charge on any atom is 0.357 e. The van der Waals surface area contributed by atoms with Crippen LogP contribution in [0.25, 0.3) is 0 Å². The molecule has 1 saturated carbocycles. The lowest BCUT2D eigenvalue weighted by atomic mass is 10.1. The average Bonchev–Trinajstić information content (AvgIpc) is 2.65. The lowest BCUT2D eigenvalue weighted by Crippen LogP contribution is -2.31. The highest BCUT2D eigenvalue weighted by Crippen LogP contribution is 2.24. The maximum absolute atomic E-state index is 10.7. The minimum absolute atomic E-state index is 0.0273. The molecule has 2 rings (SSSR count). The normalized spacial score (nSPS) is 17.7. The standard InChI is InChI=1S/C12H18N2O3/c1-14(9-6-4-2-3-5-7-9)12-13-10(8-17-12)11(15)16/h8-9H,2-7H2,1H3,(H,15,16). The van der Waals surface area contributed by atoms with Crippen LogP contribution in [-0.4, -0.2) is 29.1 Å². The van der Waals surface area contributed by atoms with Crippen molar-refractivity contribution in [1.29, 1.82) is 0 Å². The van der Waals surface area contributed by atoms with Crippen molar-refractivity contribution in [2.24, 2.45) is 0 Å². The number of oxazole rings is 1.